The van der Waals surface area contributed by atoms with Crippen LogP contribution in [0.25, 0.3) is 0 Å². The standard InChI is InChI=1S/C25H29N5O2/c1-16(24(32)29-14-17-7-9-18(10-8-17)22(26)27)30-15-20(13-21(30)23(28)31)25(11-12-25)19-5-3-2-4-6-19/h2-10,13,16,21H,11-12,14-15H2,1H3,(H3,26,27)(H2,28,31)(H,29,32)/t16-,21?/m0/s1. The van der Waals surface area contributed by atoms with Crippen molar-refractivity contribution in [2.75, 3.05) is 6.54 Å². The zero-order chi connectivity index (χ0) is 22.9. The van der Waals surface area contributed by atoms with E-state index in [1.165, 1.54) is 11.1 Å². The van der Waals surface area contributed by atoms with Gasteiger partial charge in [0.15, 0.2) is 0 Å². The van der Waals surface area contributed by atoms with Crippen LogP contribution in [0.3, 0.4) is 0 Å². The monoisotopic (exact) mass is 431 g/mol. The van der Waals surface area contributed by atoms with Gasteiger partial charge in [0.25, 0.3) is 0 Å². The molecular weight excluding hydrogens is 402 g/mol. The van der Waals surface area contributed by atoms with Crippen LogP contribution in [0.15, 0.2) is 66.2 Å². The lowest BCUT2D eigenvalue weighted by Crippen LogP contribution is -2.51. The Labute approximate surface area is 188 Å². The van der Waals surface area contributed by atoms with E-state index in [0.717, 1.165) is 18.4 Å². The first-order valence-electron chi connectivity index (χ1n) is 10.8. The van der Waals surface area contributed by atoms with Gasteiger partial charge in [-0.1, -0.05) is 60.7 Å². The molecule has 2 amide bonds. The lowest BCUT2D eigenvalue weighted by atomic mass is 9.88. The average molecular weight is 432 g/mol. The first kappa shape index (κ1) is 21.8. The maximum atomic E-state index is 12.9. The number of amides is 2. The van der Waals surface area contributed by atoms with Crippen molar-refractivity contribution < 1.29 is 9.59 Å². The Bertz CT molecular complexity index is 1060. The molecule has 1 heterocycles. The van der Waals surface area contributed by atoms with E-state index < -0.39 is 18.0 Å². The van der Waals surface area contributed by atoms with Crippen molar-refractivity contribution in [3.8, 4) is 0 Å². The van der Waals surface area contributed by atoms with Crippen LogP contribution in [0.5, 0.6) is 0 Å². The van der Waals surface area contributed by atoms with E-state index >= 15 is 0 Å². The van der Waals surface area contributed by atoms with Crippen LogP contribution in [0, 0.1) is 5.41 Å². The summed E-state index contributed by atoms with van der Waals surface area (Å²) in [5.74, 6) is -0.595. The zero-order valence-electron chi connectivity index (χ0n) is 18.2. The fourth-order valence-electron chi connectivity index (χ4n) is 4.54. The summed E-state index contributed by atoms with van der Waals surface area (Å²) in [5, 5.41) is 10.4. The lowest BCUT2D eigenvalue weighted by molar-refractivity contribution is -0.128. The third-order valence-corrected chi connectivity index (χ3v) is 6.66. The van der Waals surface area contributed by atoms with Crippen molar-refractivity contribution in [1.82, 2.24) is 10.2 Å². The molecule has 1 saturated carbocycles. The first-order valence-corrected chi connectivity index (χ1v) is 10.8. The molecule has 2 aromatic rings. The van der Waals surface area contributed by atoms with Gasteiger partial charge in [0.05, 0.1) is 6.04 Å². The number of nitrogens with zero attached hydrogens (tertiary/aromatic N) is 1. The molecule has 4 rings (SSSR count). The van der Waals surface area contributed by atoms with Crippen LogP contribution in [-0.2, 0) is 21.5 Å². The van der Waals surface area contributed by atoms with Gasteiger partial charge in [-0.05, 0) is 36.5 Å². The molecule has 0 spiro atoms. The Morgan fingerprint density at radius 2 is 1.78 bits per heavy atom. The molecule has 0 radical (unpaired) electrons. The van der Waals surface area contributed by atoms with Crippen LogP contribution in [0.1, 0.15) is 36.5 Å². The number of rotatable bonds is 8. The molecule has 7 nitrogen and oxygen atoms in total. The number of nitrogen functional groups attached to an aromatic ring is 1. The van der Waals surface area contributed by atoms with Crippen molar-refractivity contribution in [3.63, 3.8) is 0 Å². The van der Waals surface area contributed by atoms with Crippen LogP contribution < -0.4 is 16.8 Å². The van der Waals surface area contributed by atoms with Crippen LogP contribution in [0.2, 0.25) is 0 Å². The van der Waals surface area contributed by atoms with E-state index in [-0.39, 0.29) is 17.2 Å². The molecule has 0 bridgehead atoms. The number of carbonyl (C=O) groups excluding carboxylic acids is 2. The van der Waals surface area contributed by atoms with E-state index in [2.05, 4.69) is 17.4 Å². The quantitative estimate of drug-likeness (QED) is 0.289. The number of hydrogen-bond donors (Lipinski definition) is 4. The summed E-state index contributed by atoms with van der Waals surface area (Å²) < 4.78 is 0. The summed E-state index contributed by atoms with van der Waals surface area (Å²) >= 11 is 0. The summed E-state index contributed by atoms with van der Waals surface area (Å²) in [5.41, 5.74) is 15.1. The first-order chi connectivity index (χ1) is 15.3. The van der Waals surface area contributed by atoms with Crippen LogP contribution in [0.4, 0.5) is 0 Å². The molecule has 32 heavy (non-hydrogen) atoms. The highest BCUT2D eigenvalue weighted by Crippen LogP contribution is 2.55. The topological polar surface area (TPSA) is 125 Å². The third-order valence-electron chi connectivity index (χ3n) is 6.66. The van der Waals surface area contributed by atoms with E-state index in [4.69, 9.17) is 16.9 Å². The Kier molecular flexibility index (Phi) is 5.84. The normalized spacial score (nSPS) is 20.3. The van der Waals surface area contributed by atoms with Crippen molar-refractivity contribution >= 4 is 17.6 Å². The minimum absolute atomic E-state index is 0.00739. The van der Waals surface area contributed by atoms with Gasteiger partial charge in [-0.2, -0.15) is 0 Å². The van der Waals surface area contributed by atoms with E-state index in [9.17, 15) is 9.59 Å². The maximum absolute atomic E-state index is 12.9. The largest absolute Gasteiger partial charge is 0.384 e. The summed E-state index contributed by atoms with van der Waals surface area (Å²) in [6.07, 6.45) is 4.05. The summed E-state index contributed by atoms with van der Waals surface area (Å²) in [7, 11) is 0. The second-order valence-electron chi connectivity index (χ2n) is 8.66. The molecule has 0 aromatic heterocycles. The predicted molar refractivity (Wildman–Crippen MR) is 124 cm³/mol. The van der Waals surface area contributed by atoms with E-state index in [1.54, 1.807) is 12.1 Å². The minimum Gasteiger partial charge on any atom is -0.384 e. The van der Waals surface area contributed by atoms with Gasteiger partial charge in [-0.25, -0.2) is 0 Å². The van der Waals surface area contributed by atoms with Gasteiger partial charge in [0, 0.05) is 24.1 Å². The predicted octanol–water partition coefficient (Wildman–Crippen LogP) is 1.80. The van der Waals surface area contributed by atoms with Gasteiger partial charge in [-0.15, -0.1) is 0 Å². The van der Waals surface area contributed by atoms with Gasteiger partial charge in [0.2, 0.25) is 11.8 Å². The Morgan fingerprint density at radius 1 is 1.12 bits per heavy atom. The summed E-state index contributed by atoms with van der Waals surface area (Å²) in [4.78, 5) is 27.0. The Morgan fingerprint density at radius 3 is 2.34 bits per heavy atom. The van der Waals surface area contributed by atoms with E-state index in [1.807, 2.05) is 48.2 Å². The second-order valence-corrected chi connectivity index (χ2v) is 8.66. The number of carbonyl (C=O) groups is 2. The fourth-order valence-corrected chi connectivity index (χ4v) is 4.54. The molecular formula is C25H29N5O2. The van der Waals surface area contributed by atoms with Crippen LogP contribution >= 0.6 is 0 Å². The van der Waals surface area contributed by atoms with Crippen molar-refractivity contribution in [3.05, 3.63) is 82.9 Å². The Hall–Kier alpha value is -3.45. The molecule has 1 aliphatic heterocycles. The zero-order valence-corrected chi connectivity index (χ0v) is 18.2. The molecule has 166 valence electrons. The molecule has 2 aromatic carbocycles. The Balaban J connectivity index is 1.43. The summed E-state index contributed by atoms with van der Waals surface area (Å²) in [6, 6.07) is 16.4. The molecule has 0 saturated heterocycles. The highest BCUT2D eigenvalue weighted by Gasteiger charge is 2.51. The number of benzene rings is 2. The number of hydrogen-bond acceptors (Lipinski definition) is 4. The summed E-state index contributed by atoms with van der Waals surface area (Å²) in [6.45, 7) is 2.71. The highest BCUT2D eigenvalue weighted by molar-refractivity contribution is 5.94. The molecule has 1 unspecified atom stereocenters. The van der Waals surface area contributed by atoms with Gasteiger partial charge in [0.1, 0.15) is 11.9 Å². The number of nitrogens with two attached hydrogens (primary N) is 2. The molecule has 1 fully saturated rings. The molecule has 6 N–H and O–H groups in total. The van der Waals surface area contributed by atoms with Crippen molar-refractivity contribution in [2.24, 2.45) is 11.5 Å². The fraction of sp³-hybridized carbons (Fsp3) is 0.320. The second kappa shape index (κ2) is 8.59. The smallest absolute Gasteiger partial charge is 0.238 e. The van der Waals surface area contributed by atoms with Crippen LogP contribution in [-0.4, -0.2) is 41.2 Å². The molecule has 7 heteroatoms. The van der Waals surface area contributed by atoms with E-state index in [0.29, 0.717) is 18.7 Å². The SMILES string of the molecule is C[C@@H](C(=O)NCc1ccc(C(=N)N)cc1)N1CC(C2(c3ccccc3)CC2)=CC1C(N)=O. The number of amidine groups is 1. The number of nitrogens with one attached hydrogen (secondary N) is 2. The molecule has 1 aliphatic carbocycles. The maximum Gasteiger partial charge on any atom is 0.238 e. The minimum atomic E-state index is -0.596. The number of primary amides is 1. The van der Waals surface area contributed by atoms with Gasteiger partial charge in [-0.3, -0.25) is 19.9 Å². The van der Waals surface area contributed by atoms with Crippen molar-refractivity contribution in [1.29, 1.82) is 5.41 Å². The van der Waals surface area contributed by atoms with Crippen molar-refractivity contribution in [2.45, 2.75) is 43.8 Å². The highest BCUT2D eigenvalue weighted by atomic mass is 16.2. The molecule has 2 aliphatic rings. The van der Waals surface area contributed by atoms with Gasteiger partial charge >= 0.3 is 0 Å². The average Bonchev–Trinajstić information content (AvgIpc) is 3.49. The molecule has 2 atom stereocenters. The third kappa shape index (κ3) is 4.16. The van der Waals surface area contributed by atoms with Gasteiger partial charge < -0.3 is 16.8 Å². The lowest BCUT2D eigenvalue weighted by Gasteiger charge is -2.29.